The van der Waals surface area contributed by atoms with E-state index in [1.165, 1.54) is 22.7 Å². The summed E-state index contributed by atoms with van der Waals surface area (Å²) in [5.41, 5.74) is 0. The number of nitrogens with zero attached hydrogens (tertiary/aromatic N) is 1. The molecule has 0 aliphatic heterocycles. The molecule has 1 amide bonds. The fourth-order valence-corrected chi connectivity index (χ4v) is 3.56. The molecule has 1 atom stereocenters. The molecule has 0 aliphatic rings. The molecule has 0 aliphatic carbocycles. The third kappa shape index (κ3) is 4.37. The molecule has 2 heterocycles. The lowest BCUT2D eigenvalue weighted by Gasteiger charge is -2.14. The third-order valence-corrected chi connectivity index (χ3v) is 4.85. The number of hydrogen-bond acceptors (Lipinski definition) is 5. The molecule has 2 aromatic heterocycles. The standard InChI is InChI=1S/C14H16N2O3S2/c1-2-4-12-15-8-11(21-12)14(19)16-9(7-13(17)18)10-5-3-6-20-10/h3,5-6,8-9H,2,4,7H2,1H3,(H,16,19)(H,17,18)/t9-/m1/s1. The fraction of sp³-hybridized carbons (Fsp3) is 0.357. The van der Waals surface area contributed by atoms with Crippen molar-refractivity contribution in [3.05, 3.63) is 38.5 Å². The number of rotatable bonds is 7. The Morgan fingerprint density at radius 3 is 2.90 bits per heavy atom. The summed E-state index contributed by atoms with van der Waals surface area (Å²) in [6.07, 6.45) is 3.25. The van der Waals surface area contributed by atoms with Crippen molar-refractivity contribution in [3.8, 4) is 0 Å². The minimum absolute atomic E-state index is 0.132. The Bertz CT molecular complexity index is 608. The molecular formula is C14H16N2O3S2. The molecule has 2 aromatic rings. The van der Waals surface area contributed by atoms with Crippen molar-refractivity contribution in [2.75, 3.05) is 0 Å². The maximum Gasteiger partial charge on any atom is 0.305 e. The Labute approximate surface area is 130 Å². The van der Waals surface area contributed by atoms with E-state index in [9.17, 15) is 9.59 Å². The van der Waals surface area contributed by atoms with Gasteiger partial charge in [-0.1, -0.05) is 13.0 Å². The van der Waals surface area contributed by atoms with E-state index in [1.54, 1.807) is 6.20 Å². The van der Waals surface area contributed by atoms with E-state index in [2.05, 4.69) is 17.2 Å². The first kappa shape index (κ1) is 15.7. The lowest BCUT2D eigenvalue weighted by molar-refractivity contribution is -0.137. The molecule has 0 aromatic carbocycles. The number of thiazole rings is 1. The Balaban J connectivity index is 2.08. The Morgan fingerprint density at radius 2 is 2.29 bits per heavy atom. The quantitative estimate of drug-likeness (QED) is 0.820. The van der Waals surface area contributed by atoms with Crippen molar-refractivity contribution in [1.82, 2.24) is 10.3 Å². The largest absolute Gasteiger partial charge is 0.481 e. The average molecular weight is 324 g/mol. The van der Waals surface area contributed by atoms with Gasteiger partial charge in [0.2, 0.25) is 0 Å². The maximum atomic E-state index is 12.2. The van der Waals surface area contributed by atoms with Crippen molar-refractivity contribution >= 4 is 34.6 Å². The van der Waals surface area contributed by atoms with Crippen molar-refractivity contribution in [1.29, 1.82) is 0 Å². The van der Waals surface area contributed by atoms with Crippen molar-refractivity contribution < 1.29 is 14.7 Å². The summed E-state index contributed by atoms with van der Waals surface area (Å²) < 4.78 is 0. The van der Waals surface area contributed by atoms with Gasteiger partial charge in [0.15, 0.2) is 0 Å². The molecule has 0 spiro atoms. The highest BCUT2D eigenvalue weighted by atomic mass is 32.1. The number of carbonyl (C=O) groups excluding carboxylic acids is 1. The highest BCUT2D eigenvalue weighted by molar-refractivity contribution is 7.13. The molecule has 2 rings (SSSR count). The molecule has 112 valence electrons. The van der Waals surface area contributed by atoms with Crippen LogP contribution in [0.4, 0.5) is 0 Å². The summed E-state index contributed by atoms with van der Waals surface area (Å²) in [6, 6.07) is 3.16. The molecule has 21 heavy (non-hydrogen) atoms. The van der Waals surface area contributed by atoms with Crippen LogP contribution in [0.3, 0.4) is 0 Å². The van der Waals surface area contributed by atoms with E-state index in [-0.39, 0.29) is 12.3 Å². The number of amides is 1. The van der Waals surface area contributed by atoms with Crippen LogP contribution in [-0.4, -0.2) is 22.0 Å². The number of thiophene rings is 1. The first-order valence-corrected chi connectivity index (χ1v) is 8.30. The third-order valence-electron chi connectivity index (χ3n) is 2.81. The van der Waals surface area contributed by atoms with Gasteiger partial charge in [-0.05, 0) is 24.3 Å². The smallest absolute Gasteiger partial charge is 0.305 e. The summed E-state index contributed by atoms with van der Waals surface area (Å²) >= 11 is 2.79. The van der Waals surface area contributed by atoms with E-state index in [0.29, 0.717) is 4.88 Å². The Hall–Kier alpha value is -1.73. The zero-order chi connectivity index (χ0) is 15.2. The van der Waals surface area contributed by atoms with E-state index in [1.807, 2.05) is 17.5 Å². The molecule has 7 heteroatoms. The van der Waals surface area contributed by atoms with Gasteiger partial charge in [-0.15, -0.1) is 22.7 Å². The minimum Gasteiger partial charge on any atom is -0.481 e. The predicted octanol–water partition coefficient (Wildman–Crippen LogP) is 3.10. The second-order valence-corrected chi connectivity index (χ2v) is 6.60. The zero-order valence-corrected chi connectivity index (χ0v) is 13.2. The first-order chi connectivity index (χ1) is 10.1. The SMILES string of the molecule is CCCc1ncc(C(=O)N[C@H](CC(=O)O)c2cccs2)s1. The molecule has 0 fully saturated rings. The topological polar surface area (TPSA) is 79.3 Å². The summed E-state index contributed by atoms with van der Waals surface area (Å²) in [4.78, 5) is 28.7. The number of nitrogens with one attached hydrogen (secondary N) is 1. The van der Waals surface area contributed by atoms with Crippen LogP contribution in [0.25, 0.3) is 0 Å². The summed E-state index contributed by atoms with van der Waals surface area (Å²) in [5.74, 6) is -1.21. The van der Waals surface area contributed by atoms with E-state index in [0.717, 1.165) is 22.7 Å². The van der Waals surface area contributed by atoms with E-state index >= 15 is 0 Å². The number of aryl methyl sites for hydroxylation is 1. The molecular weight excluding hydrogens is 308 g/mol. The molecule has 0 saturated heterocycles. The van der Waals surface area contributed by atoms with Crippen molar-refractivity contribution in [3.63, 3.8) is 0 Å². The van der Waals surface area contributed by atoms with Crippen molar-refractivity contribution in [2.24, 2.45) is 0 Å². The van der Waals surface area contributed by atoms with Gasteiger partial charge in [0, 0.05) is 4.88 Å². The lowest BCUT2D eigenvalue weighted by Crippen LogP contribution is -2.29. The number of aliphatic carboxylic acids is 1. The molecule has 0 bridgehead atoms. The number of carboxylic acid groups (broad SMARTS) is 1. The number of aromatic nitrogens is 1. The number of carbonyl (C=O) groups is 2. The molecule has 0 unspecified atom stereocenters. The summed E-state index contributed by atoms with van der Waals surface area (Å²) in [6.45, 7) is 2.06. The predicted molar refractivity (Wildman–Crippen MR) is 82.9 cm³/mol. The van der Waals surface area contributed by atoms with Crippen LogP contribution >= 0.6 is 22.7 Å². The van der Waals surface area contributed by atoms with Crippen LogP contribution in [0.1, 0.15) is 45.4 Å². The molecule has 5 nitrogen and oxygen atoms in total. The monoisotopic (exact) mass is 324 g/mol. The zero-order valence-electron chi connectivity index (χ0n) is 11.5. The average Bonchev–Trinajstić information content (AvgIpc) is 3.09. The van der Waals surface area contributed by atoms with Gasteiger partial charge in [-0.2, -0.15) is 0 Å². The first-order valence-electron chi connectivity index (χ1n) is 6.61. The van der Waals surface area contributed by atoms with Crippen LogP contribution in [0, 0.1) is 0 Å². The van der Waals surface area contributed by atoms with Gasteiger partial charge in [0.05, 0.1) is 23.7 Å². The second-order valence-electron chi connectivity index (χ2n) is 4.51. The van der Waals surface area contributed by atoms with Crippen LogP contribution < -0.4 is 5.32 Å². The van der Waals surface area contributed by atoms with Gasteiger partial charge in [0.1, 0.15) is 4.88 Å². The van der Waals surface area contributed by atoms with Crippen LogP contribution in [-0.2, 0) is 11.2 Å². The number of hydrogen-bond donors (Lipinski definition) is 2. The van der Waals surface area contributed by atoms with E-state index < -0.39 is 12.0 Å². The van der Waals surface area contributed by atoms with Crippen LogP contribution in [0.2, 0.25) is 0 Å². The van der Waals surface area contributed by atoms with Gasteiger partial charge in [0.25, 0.3) is 5.91 Å². The van der Waals surface area contributed by atoms with Gasteiger partial charge in [-0.25, -0.2) is 4.98 Å². The summed E-state index contributed by atoms with van der Waals surface area (Å²) in [7, 11) is 0. The van der Waals surface area contributed by atoms with Crippen LogP contribution in [0.5, 0.6) is 0 Å². The minimum atomic E-state index is -0.940. The highest BCUT2D eigenvalue weighted by Crippen LogP contribution is 2.23. The molecule has 0 saturated carbocycles. The van der Waals surface area contributed by atoms with Crippen LogP contribution in [0.15, 0.2) is 23.7 Å². The van der Waals surface area contributed by atoms with Gasteiger partial charge >= 0.3 is 5.97 Å². The highest BCUT2D eigenvalue weighted by Gasteiger charge is 2.20. The number of carboxylic acids is 1. The Kier molecular flexibility index (Phi) is 5.46. The van der Waals surface area contributed by atoms with Crippen molar-refractivity contribution in [2.45, 2.75) is 32.2 Å². The van der Waals surface area contributed by atoms with Gasteiger partial charge in [-0.3, -0.25) is 9.59 Å². The lowest BCUT2D eigenvalue weighted by atomic mass is 10.1. The van der Waals surface area contributed by atoms with Gasteiger partial charge < -0.3 is 10.4 Å². The van der Waals surface area contributed by atoms with E-state index in [4.69, 9.17) is 5.11 Å². The second kappa shape index (κ2) is 7.33. The molecule has 2 N–H and O–H groups in total. The Morgan fingerprint density at radius 1 is 1.48 bits per heavy atom. The summed E-state index contributed by atoms with van der Waals surface area (Å²) in [5, 5.41) is 14.6. The molecule has 0 radical (unpaired) electrons. The normalized spacial score (nSPS) is 12.0. The maximum absolute atomic E-state index is 12.2. The fourth-order valence-electron chi connectivity index (χ4n) is 1.86.